The Morgan fingerprint density at radius 1 is 1.70 bits per heavy atom. The van der Waals surface area contributed by atoms with Gasteiger partial charge >= 0.3 is 5.97 Å². The molecule has 0 rings (SSSR count). The highest BCUT2D eigenvalue weighted by molar-refractivity contribution is 5.67. The molecule has 0 saturated heterocycles. The van der Waals surface area contributed by atoms with Crippen molar-refractivity contribution < 1.29 is 14.6 Å². The van der Waals surface area contributed by atoms with Gasteiger partial charge in [0.25, 0.3) is 0 Å². The van der Waals surface area contributed by atoms with Gasteiger partial charge in [0.05, 0.1) is 6.61 Å². The molecule has 0 spiro atoms. The lowest BCUT2D eigenvalue weighted by molar-refractivity contribution is -0.142. The highest BCUT2D eigenvalue weighted by Crippen LogP contribution is 1.72. The monoisotopic (exact) mass is 147 g/mol. The lowest BCUT2D eigenvalue weighted by atomic mass is 10.6. The SMILES string of the molecule is CCNCCOCC(=O)O. The Bertz CT molecular complexity index is 95.0. The lowest BCUT2D eigenvalue weighted by Gasteiger charge is -2.00. The number of carbonyl (C=O) groups is 1. The standard InChI is InChI=1S/C6H13NO3/c1-2-7-3-4-10-5-6(8)9/h7H,2-5H2,1H3,(H,8,9). The van der Waals surface area contributed by atoms with Gasteiger partial charge in [-0.2, -0.15) is 0 Å². The van der Waals surface area contributed by atoms with E-state index in [9.17, 15) is 4.79 Å². The first-order chi connectivity index (χ1) is 4.77. The topological polar surface area (TPSA) is 58.6 Å². The maximum absolute atomic E-state index is 9.89. The van der Waals surface area contributed by atoms with Crippen LogP contribution in [0.3, 0.4) is 0 Å². The van der Waals surface area contributed by atoms with Gasteiger partial charge in [-0.1, -0.05) is 6.92 Å². The Morgan fingerprint density at radius 2 is 2.40 bits per heavy atom. The van der Waals surface area contributed by atoms with E-state index in [4.69, 9.17) is 9.84 Å². The normalized spacial score (nSPS) is 9.70. The molecule has 0 saturated carbocycles. The molecule has 60 valence electrons. The first kappa shape index (κ1) is 9.39. The number of carboxylic acids is 1. The van der Waals surface area contributed by atoms with Crippen LogP contribution in [0.1, 0.15) is 6.92 Å². The Kier molecular flexibility index (Phi) is 6.11. The van der Waals surface area contributed by atoms with Crippen LogP contribution in [-0.2, 0) is 9.53 Å². The number of likely N-dealkylation sites (N-methyl/N-ethyl adjacent to an activating group) is 1. The second-order valence-electron chi connectivity index (χ2n) is 1.80. The number of aliphatic carboxylic acids is 1. The van der Waals surface area contributed by atoms with E-state index in [2.05, 4.69) is 5.32 Å². The molecule has 0 amide bonds. The third-order valence-corrected chi connectivity index (χ3v) is 0.899. The second-order valence-corrected chi connectivity index (χ2v) is 1.80. The lowest BCUT2D eigenvalue weighted by Crippen LogP contribution is -2.20. The molecule has 0 aliphatic heterocycles. The number of rotatable bonds is 6. The maximum atomic E-state index is 9.89. The van der Waals surface area contributed by atoms with E-state index in [0.29, 0.717) is 13.2 Å². The molecule has 4 heteroatoms. The van der Waals surface area contributed by atoms with Crippen molar-refractivity contribution in [3.63, 3.8) is 0 Å². The third-order valence-electron chi connectivity index (χ3n) is 0.899. The van der Waals surface area contributed by atoms with Crippen molar-refractivity contribution in [2.45, 2.75) is 6.92 Å². The Morgan fingerprint density at radius 3 is 2.90 bits per heavy atom. The average Bonchev–Trinajstić information content (AvgIpc) is 1.87. The van der Waals surface area contributed by atoms with E-state index in [1.807, 2.05) is 6.92 Å². The largest absolute Gasteiger partial charge is 0.480 e. The van der Waals surface area contributed by atoms with Crippen LogP contribution in [0.25, 0.3) is 0 Å². The molecule has 0 aliphatic rings. The second kappa shape index (κ2) is 6.51. The molecular formula is C6H13NO3. The fraction of sp³-hybridized carbons (Fsp3) is 0.833. The molecule has 0 heterocycles. The smallest absolute Gasteiger partial charge is 0.329 e. The summed E-state index contributed by atoms with van der Waals surface area (Å²) in [6.07, 6.45) is 0. The summed E-state index contributed by atoms with van der Waals surface area (Å²) in [5.74, 6) is -0.920. The molecule has 0 aliphatic carbocycles. The van der Waals surface area contributed by atoms with Gasteiger partial charge in [0.15, 0.2) is 0 Å². The van der Waals surface area contributed by atoms with E-state index in [1.165, 1.54) is 0 Å². The van der Waals surface area contributed by atoms with Crippen molar-refractivity contribution in [1.29, 1.82) is 0 Å². The van der Waals surface area contributed by atoms with Crippen LogP contribution in [0.15, 0.2) is 0 Å². The number of carboxylic acid groups (broad SMARTS) is 1. The molecule has 0 radical (unpaired) electrons. The van der Waals surface area contributed by atoms with Gasteiger partial charge in [-0.15, -0.1) is 0 Å². The summed E-state index contributed by atoms with van der Waals surface area (Å²) in [6.45, 7) is 3.84. The zero-order valence-electron chi connectivity index (χ0n) is 6.09. The van der Waals surface area contributed by atoms with Gasteiger partial charge in [0, 0.05) is 6.54 Å². The van der Waals surface area contributed by atoms with Crippen LogP contribution >= 0.6 is 0 Å². The first-order valence-corrected chi connectivity index (χ1v) is 3.27. The molecule has 10 heavy (non-hydrogen) atoms. The Balaban J connectivity index is 2.84. The van der Waals surface area contributed by atoms with Gasteiger partial charge in [-0.3, -0.25) is 0 Å². The first-order valence-electron chi connectivity index (χ1n) is 3.27. The van der Waals surface area contributed by atoms with Crippen molar-refractivity contribution in [2.24, 2.45) is 0 Å². The molecule has 0 fully saturated rings. The predicted octanol–water partition coefficient (Wildman–Crippen LogP) is -0.303. The van der Waals surface area contributed by atoms with E-state index in [0.717, 1.165) is 6.54 Å². The molecule has 0 aromatic carbocycles. The molecule has 2 N–H and O–H groups in total. The highest BCUT2D eigenvalue weighted by Gasteiger charge is 1.93. The predicted molar refractivity (Wildman–Crippen MR) is 37.0 cm³/mol. The Hall–Kier alpha value is -0.610. The summed E-state index contributed by atoms with van der Waals surface area (Å²) in [7, 11) is 0. The van der Waals surface area contributed by atoms with Crippen LogP contribution in [-0.4, -0.2) is 37.4 Å². The van der Waals surface area contributed by atoms with Gasteiger partial charge in [0.2, 0.25) is 0 Å². The minimum absolute atomic E-state index is 0.203. The van der Waals surface area contributed by atoms with Gasteiger partial charge in [-0.05, 0) is 6.54 Å². The van der Waals surface area contributed by atoms with E-state index >= 15 is 0 Å². The van der Waals surface area contributed by atoms with Crippen LogP contribution < -0.4 is 5.32 Å². The summed E-state index contributed by atoms with van der Waals surface area (Å²) in [5.41, 5.74) is 0. The molecule has 4 nitrogen and oxygen atoms in total. The van der Waals surface area contributed by atoms with E-state index in [-0.39, 0.29) is 6.61 Å². The molecular weight excluding hydrogens is 134 g/mol. The zero-order valence-corrected chi connectivity index (χ0v) is 6.09. The summed E-state index contributed by atoms with van der Waals surface area (Å²) < 4.78 is 4.74. The van der Waals surface area contributed by atoms with Crippen LogP contribution in [0.5, 0.6) is 0 Å². The van der Waals surface area contributed by atoms with Crippen molar-refractivity contribution in [3.05, 3.63) is 0 Å². The fourth-order valence-corrected chi connectivity index (χ4v) is 0.481. The molecule has 0 aromatic heterocycles. The maximum Gasteiger partial charge on any atom is 0.329 e. The molecule has 0 atom stereocenters. The minimum Gasteiger partial charge on any atom is -0.480 e. The van der Waals surface area contributed by atoms with Gasteiger partial charge in [0.1, 0.15) is 6.61 Å². The number of ether oxygens (including phenoxy) is 1. The summed E-state index contributed by atoms with van der Waals surface area (Å²) in [4.78, 5) is 9.89. The van der Waals surface area contributed by atoms with Crippen molar-refractivity contribution in [1.82, 2.24) is 5.32 Å². The number of hydrogen-bond donors (Lipinski definition) is 2. The van der Waals surface area contributed by atoms with Crippen LogP contribution in [0, 0.1) is 0 Å². The number of nitrogens with one attached hydrogen (secondary N) is 1. The highest BCUT2D eigenvalue weighted by atomic mass is 16.5. The molecule has 0 unspecified atom stereocenters. The Labute approximate surface area is 60.2 Å². The minimum atomic E-state index is -0.920. The zero-order chi connectivity index (χ0) is 7.82. The van der Waals surface area contributed by atoms with Crippen LogP contribution in [0.4, 0.5) is 0 Å². The van der Waals surface area contributed by atoms with Crippen molar-refractivity contribution in [2.75, 3.05) is 26.3 Å². The summed E-state index contributed by atoms with van der Waals surface area (Å²) in [5, 5.41) is 11.1. The van der Waals surface area contributed by atoms with Gasteiger partial charge in [-0.25, -0.2) is 4.79 Å². The number of hydrogen-bond acceptors (Lipinski definition) is 3. The third kappa shape index (κ3) is 7.39. The van der Waals surface area contributed by atoms with Crippen molar-refractivity contribution >= 4 is 5.97 Å². The van der Waals surface area contributed by atoms with E-state index in [1.54, 1.807) is 0 Å². The van der Waals surface area contributed by atoms with E-state index < -0.39 is 5.97 Å². The average molecular weight is 147 g/mol. The fourth-order valence-electron chi connectivity index (χ4n) is 0.481. The summed E-state index contributed by atoms with van der Waals surface area (Å²) in [6, 6.07) is 0. The van der Waals surface area contributed by atoms with Crippen LogP contribution in [0.2, 0.25) is 0 Å². The molecule has 0 aromatic rings. The van der Waals surface area contributed by atoms with Crippen molar-refractivity contribution in [3.8, 4) is 0 Å². The summed E-state index contributed by atoms with van der Waals surface area (Å²) >= 11 is 0. The molecule has 0 bridgehead atoms. The van der Waals surface area contributed by atoms with Gasteiger partial charge < -0.3 is 15.2 Å². The quantitative estimate of drug-likeness (QED) is 0.506.